The molecule has 0 radical (unpaired) electrons. The van der Waals surface area contributed by atoms with Crippen molar-refractivity contribution < 1.29 is 33.6 Å². The highest BCUT2D eigenvalue weighted by atomic mass is 16.5. The van der Waals surface area contributed by atoms with Gasteiger partial charge in [-0.1, -0.05) is 18.2 Å². The summed E-state index contributed by atoms with van der Waals surface area (Å²) in [6.45, 7) is 0. The molecule has 3 aromatic carbocycles. The molecule has 1 N–H and O–H groups in total. The molecule has 0 saturated heterocycles. The van der Waals surface area contributed by atoms with Crippen LogP contribution >= 0.6 is 0 Å². The molecule has 4 rings (SSSR count). The maximum atomic E-state index is 14.1. The molecule has 0 aliphatic carbocycles. The second kappa shape index (κ2) is 10.6. The van der Waals surface area contributed by atoms with E-state index in [-0.39, 0.29) is 28.2 Å². The smallest absolute Gasteiger partial charge is 0.272 e. The fourth-order valence-corrected chi connectivity index (χ4v) is 4.33. The van der Waals surface area contributed by atoms with Crippen LogP contribution in [-0.2, 0) is 0 Å². The van der Waals surface area contributed by atoms with Gasteiger partial charge in [0.1, 0.15) is 16.8 Å². The molecule has 10 nitrogen and oxygen atoms in total. The second-order valence-electron chi connectivity index (χ2n) is 8.14. The molecule has 38 heavy (non-hydrogen) atoms. The van der Waals surface area contributed by atoms with E-state index >= 15 is 0 Å². The van der Waals surface area contributed by atoms with Crippen LogP contribution in [0, 0.1) is 0 Å². The third kappa shape index (κ3) is 4.19. The Morgan fingerprint density at radius 3 is 2.00 bits per heavy atom. The number of rotatable bonds is 8. The number of hydrogen-bond donors (Lipinski definition) is 1. The summed E-state index contributed by atoms with van der Waals surface area (Å²) in [6.07, 6.45) is 0. The van der Waals surface area contributed by atoms with Crippen molar-refractivity contribution in [2.24, 2.45) is 0 Å². The van der Waals surface area contributed by atoms with E-state index < -0.39 is 22.8 Å². The van der Waals surface area contributed by atoms with Gasteiger partial charge in [0.25, 0.3) is 11.5 Å². The highest BCUT2D eigenvalue weighted by molar-refractivity contribution is 6.11. The van der Waals surface area contributed by atoms with Crippen LogP contribution in [-0.4, -0.2) is 58.2 Å². The van der Waals surface area contributed by atoms with E-state index in [0.29, 0.717) is 22.9 Å². The third-order valence-electron chi connectivity index (χ3n) is 6.22. The van der Waals surface area contributed by atoms with Crippen LogP contribution in [0.25, 0.3) is 16.6 Å². The Kier molecular flexibility index (Phi) is 7.33. The van der Waals surface area contributed by atoms with Gasteiger partial charge in [-0.3, -0.25) is 14.2 Å². The zero-order valence-electron chi connectivity index (χ0n) is 21.9. The average molecular weight is 521 g/mol. The maximum Gasteiger partial charge on any atom is 0.272 e. The van der Waals surface area contributed by atoms with Crippen LogP contribution in [0.4, 0.5) is 5.69 Å². The summed E-state index contributed by atoms with van der Waals surface area (Å²) >= 11 is 0. The van der Waals surface area contributed by atoms with Crippen LogP contribution in [0.3, 0.4) is 0 Å². The van der Waals surface area contributed by atoms with Gasteiger partial charge in [0.15, 0.2) is 23.0 Å². The van der Waals surface area contributed by atoms with Crippen molar-refractivity contribution in [3.8, 4) is 40.2 Å². The predicted octanol–water partition coefficient (Wildman–Crippen LogP) is 4.02. The highest BCUT2D eigenvalue weighted by Gasteiger charge is 2.30. The van der Waals surface area contributed by atoms with Crippen molar-refractivity contribution in [3.63, 3.8) is 0 Å². The lowest BCUT2D eigenvalue weighted by Crippen LogP contribution is -2.34. The number of pyridine rings is 1. The van der Waals surface area contributed by atoms with Gasteiger partial charge < -0.3 is 33.7 Å². The first-order valence-electron chi connectivity index (χ1n) is 11.5. The molecule has 0 bridgehead atoms. The Morgan fingerprint density at radius 1 is 0.789 bits per heavy atom. The van der Waals surface area contributed by atoms with Crippen molar-refractivity contribution in [1.82, 2.24) is 4.57 Å². The summed E-state index contributed by atoms with van der Waals surface area (Å²) in [5.41, 5.74) is -0.175. The Morgan fingerprint density at radius 2 is 1.42 bits per heavy atom. The van der Waals surface area contributed by atoms with Crippen molar-refractivity contribution in [2.75, 3.05) is 47.5 Å². The Balaban J connectivity index is 2.16. The summed E-state index contributed by atoms with van der Waals surface area (Å²) in [5.74, 6) is 0.137. The molecule has 0 fully saturated rings. The van der Waals surface area contributed by atoms with E-state index in [4.69, 9.17) is 23.7 Å². The minimum atomic E-state index is -0.777. The number of hydrogen-bond acceptors (Lipinski definition) is 8. The monoisotopic (exact) mass is 520 g/mol. The Labute approximate surface area is 219 Å². The number of carbonyl (C=O) groups is 1. The van der Waals surface area contributed by atoms with Crippen LogP contribution in [0.1, 0.15) is 10.4 Å². The Bertz CT molecular complexity index is 1560. The van der Waals surface area contributed by atoms with Crippen LogP contribution in [0.5, 0.6) is 34.5 Å². The van der Waals surface area contributed by atoms with Gasteiger partial charge in [-0.05, 0) is 30.3 Å². The summed E-state index contributed by atoms with van der Waals surface area (Å²) < 4.78 is 28.7. The lowest BCUT2D eigenvalue weighted by molar-refractivity contribution is 0.0989. The summed E-state index contributed by atoms with van der Waals surface area (Å²) in [4.78, 5) is 29.1. The number of benzene rings is 3. The maximum absolute atomic E-state index is 14.1. The number of fused-ring (bicyclic) bond motifs is 1. The first-order chi connectivity index (χ1) is 18.3. The number of methoxy groups -OCH3 is 5. The van der Waals surface area contributed by atoms with Crippen molar-refractivity contribution >= 4 is 22.5 Å². The third-order valence-corrected chi connectivity index (χ3v) is 6.22. The molecular formula is C28H28N2O8. The minimum absolute atomic E-state index is 0.124. The molecule has 0 aliphatic heterocycles. The van der Waals surface area contributed by atoms with E-state index in [1.54, 1.807) is 42.5 Å². The van der Waals surface area contributed by atoms with E-state index in [1.165, 1.54) is 58.1 Å². The van der Waals surface area contributed by atoms with E-state index in [9.17, 15) is 14.7 Å². The molecule has 1 amide bonds. The molecule has 10 heteroatoms. The summed E-state index contributed by atoms with van der Waals surface area (Å²) in [5, 5.41) is 11.5. The van der Waals surface area contributed by atoms with Gasteiger partial charge in [0.05, 0.1) is 41.2 Å². The topological polar surface area (TPSA) is 109 Å². The number of ether oxygens (including phenoxy) is 5. The first kappa shape index (κ1) is 26.2. The zero-order valence-corrected chi connectivity index (χ0v) is 21.9. The largest absolute Gasteiger partial charge is 0.506 e. The molecule has 1 heterocycles. The normalized spacial score (nSPS) is 10.7. The Hall–Kier alpha value is -4.86. The van der Waals surface area contributed by atoms with Gasteiger partial charge in [-0.15, -0.1) is 0 Å². The molecule has 0 aliphatic rings. The van der Waals surface area contributed by atoms with Gasteiger partial charge in [-0.2, -0.15) is 0 Å². The average Bonchev–Trinajstić information content (AvgIpc) is 2.95. The number of para-hydroxylation sites is 1. The molecule has 198 valence electrons. The number of aromatic hydroxyl groups is 1. The summed E-state index contributed by atoms with van der Waals surface area (Å²) in [6, 6.07) is 15.1. The first-order valence-corrected chi connectivity index (χ1v) is 11.5. The fourth-order valence-electron chi connectivity index (χ4n) is 4.33. The van der Waals surface area contributed by atoms with E-state index in [0.717, 1.165) is 0 Å². The quantitative estimate of drug-likeness (QED) is 0.371. The second-order valence-corrected chi connectivity index (χ2v) is 8.14. The van der Waals surface area contributed by atoms with Crippen LogP contribution in [0.2, 0.25) is 0 Å². The number of nitrogens with zero attached hydrogens (tertiary/aromatic N) is 2. The molecule has 4 aromatic rings. The fraction of sp³-hybridized carbons (Fsp3) is 0.214. The highest BCUT2D eigenvalue weighted by Crippen LogP contribution is 2.46. The van der Waals surface area contributed by atoms with Crippen LogP contribution in [0.15, 0.2) is 59.4 Å². The molecule has 1 aromatic heterocycles. The van der Waals surface area contributed by atoms with Crippen LogP contribution < -0.4 is 34.1 Å². The van der Waals surface area contributed by atoms with Crippen molar-refractivity contribution in [3.05, 3.63) is 70.5 Å². The zero-order chi connectivity index (χ0) is 27.6. The molecule has 0 spiro atoms. The van der Waals surface area contributed by atoms with Crippen molar-refractivity contribution in [2.45, 2.75) is 0 Å². The van der Waals surface area contributed by atoms with E-state index in [1.807, 2.05) is 6.07 Å². The lowest BCUT2D eigenvalue weighted by Gasteiger charge is -2.22. The van der Waals surface area contributed by atoms with E-state index in [2.05, 4.69) is 0 Å². The standard InChI is InChI=1S/C28H28N2O8/c1-29(16-10-8-7-9-11-16)27(32)22-24(31)18-15-21(36-4)25(37-5)26(38-6)23(18)30(28(22)33)17-12-13-19(34-2)20(14-17)35-3/h7-15,31H,1-6H3. The van der Waals surface area contributed by atoms with Gasteiger partial charge in [-0.25, -0.2) is 0 Å². The number of anilines is 1. The molecule has 0 saturated carbocycles. The SMILES string of the molecule is COc1ccc(-n2c(=O)c(C(=O)N(C)c3ccccc3)c(O)c3cc(OC)c(OC)c(OC)c32)cc1OC. The molecular weight excluding hydrogens is 492 g/mol. The molecule has 0 unspecified atom stereocenters. The number of carbonyl (C=O) groups excluding carboxylic acids is 1. The van der Waals surface area contributed by atoms with Gasteiger partial charge in [0.2, 0.25) is 5.75 Å². The predicted molar refractivity (Wildman–Crippen MR) is 143 cm³/mol. The van der Waals surface area contributed by atoms with Crippen molar-refractivity contribution in [1.29, 1.82) is 0 Å². The van der Waals surface area contributed by atoms with Gasteiger partial charge >= 0.3 is 0 Å². The minimum Gasteiger partial charge on any atom is -0.506 e. The number of amides is 1. The van der Waals surface area contributed by atoms with Gasteiger partial charge in [0, 0.05) is 24.2 Å². The lowest BCUT2D eigenvalue weighted by atomic mass is 10.1. The molecule has 0 atom stereocenters. The summed E-state index contributed by atoms with van der Waals surface area (Å²) in [7, 11) is 8.75. The number of aromatic nitrogens is 1.